The standard InChI is InChI=1S/C14H21N3O4S/c1-10-7-13(21-16-10)12-3-2-5-17(12)14(18)15-8-11-4-6-22(19,20)9-11/h7,11-12H,2-6,8-9H2,1H3,(H,15,18)/t11-,12-/m1/s1. The molecule has 0 spiro atoms. The fourth-order valence-corrected chi connectivity index (χ4v) is 5.07. The monoisotopic (exact) mass is 327 g/mol. The number of hydrogen-bond acceptors (Lipinski definition) is 5. The van der Waals surface area contributed by atoms with E-state index in [1.165, 1.54) is 0 Å². The molecule has 1 N–H and O–H groups in total. The molecule has 0 saturated carbocycles. The molecule has 0 bridgehead atoms. The summed E-state index contributed by atoms with van der Waals surface area (Å²) in [6, 6.07) is 1.63. The Kier molecular flexibility index (Phi) is 4.12. The van der Waals surface area contributed by atoms with E-state index in [0.29, 0.717) is 25.3 Å². The molecule has 0 radical (unpaired) electrons. The number of aromatic nitrogens is 1. The molecule has 2 aliphatic heterocycles. The number of hydrogen-bond donors (Lipinski definition) is 1. The Bertz CT molecular complexity index is 655. The summed E-state index contributed by atoms with van der Waals surface area (Å²) < 4.78 is 28.2. The molecule has 3 heterocycles. The predicted molar refractivity (Wildman–Crippen MR) is 80.1 cm³/mol. The Morgan fingerprint density at radius 1 is 1.50 bits per heavy atom. The van der Waals surface area contributed by atoms with Crippen LogP contribution >= 0.6 is 0 Å². The number of likely N-dealkylation sites (tertiary alicyclic amines) is 1. The fourth-order valence-electron chi connectivity index (χ4n) is 3.21. The van der Waals surface area contributed by atoms with Crippen LogP contribution in [0.1, 0.15) is 36.8 Å². The lowest BCUT2D eigenvalue weighted by atomic mass is 10.1. The van der Waals surface area contributed by atoms with E-state index in [9.17, 15) is 13.2 Å². The van der Waals surface area contributed by atoms with E-state index in [1.807, 2.05) is 13.0 Å². The minimum atomic E-state index is -2.90. The van der Waals surface area contributed by atoms with Crippen LogP contribution in [0, 0.1) is 12.8 Å². The molecule has 8 heteroatoms. The lowest BCUT2D eigenvalue weighted by Gasteiger charge is -2.23. The van der Waals surface area contributed by atoms with Gasteiger partial charge in [-0.2, -0.15) is 0 Å². The lowest BCUT2D eigenvalue weighted by Crippen LogP contribution is -2.41. The van der Waals surface area contributed by atoms with Gasteiger partial charge in [0, 0.05) is 19.2 Å². The normalized spacial score (nSPS) is 27.2. The van der Waals surface area contributed by atoms with Crippen LogP contribution in [0.4, 0.5) is 4.79 Å². The van der Waals surface area contributed by atoms with Gasteiger partial charge in [-0.1, -0.05) is 5.16 Å². The van der Waals surface area contributed by atoms with E-state index in [4.69, 9.17) is 4.52 Å². The second-order valence-electron chi connectivity index (χ2n) is 6.18. The topological polar surface area (TPSA) is 92.5 Å². The molecule has 22 heavy (non-hydrogen) atoms. The zero-order chi connectivity index (χ0) is 15.7. The maximum Gasteiger partial charge on any atom is 0.318 e. The second-order valence-corrected chi connectivity index (χ2v) is 8.41. The summed E-state index contributed by atoms with van der Waals surface area (Å²) in [7, 11) is -2.90. The fraction of sp³-hybridized carbons (Fsp3) is 0.714. The van der Waals surface area contributed by atoms with Gasteiger partial charge in [-0.25, -0.2) is 13.2 Å². The summed E-state index contributed by atoms with van der Waals surface area (Å²) in [5, 5.41) is 6.75. The third-order valence-corrected chi connectivity index (χ3v) is 6.19. The smallest absolute Gasteiger partial charge is 0.318 e. The highest BCUT2D eigenvalue weighted by Crippen LogP contribution is 2.32. The second kappa shape index (κ2) is 5.91. The summed E-state index contributed by atoms with van der Waals surface area (Å²) >= 11 is 0. The first-order valence-corrected chi connectivity index (χ1v) is 9.45. The Hall–Kier alpha value is -1.57. The highest BCUT2D eigenvalue weighted by molar-refractivity contribution is 7.91. The first-order chi connectivity index (χ1) is 10.4. The van der Waals surface area contributed by atoms with E-state index in [0.717, 1.165) is 18.5 Å². The largest absolute Gasteiger partial charge is 0.359 e. The summed E-state index contributed by atoms with van der Waals surface area (Å²) in [5.74, 6) is 1.16. The Morgan fingerprint density at radius 2 is 2.32 bits per heavy atom. The molecule has 0 aliphatic carbocycles. The van der Waals surface area contributed by atoms with Crippen molar-refractivity contribution in [2.24, 2.45) is 5.92 Å². The van der Waals surface area contributed by atoms with Crippen LogP contribution in [0.5, 0.6) is 0 Å². The summed E-state index contributed by atoms with van der Waals surface area (Å²) in [6.07, 6.45) is 2.42. The van der Waals surface area contributed by atoms with E-state index >= 15 is 0 Å². The van der Waals surface area contributed by atoms with Crippen molar-refractivity contribution in [3.63, 3.8) is 0 Å². The highest BCUT2D eigenvalue weighted by atomic mass is 32.2. The van der Waals surface area contributed by atoms with Crippen LogP contribution in [0.15, 0.2) is 10.6 Å². The zero-order valence-electron chi connectivity index (χ0n) is 12.6. The van der Waals surface area contributed by atoms with Crippen molar-refractivity contribution >= 4 is 15.9 Å². The number of carbonyl (C=O) groups excluding carboxylic acids is 1. The Morgan fingerprint density at radius 3 is 2.95 bits per heavy atom. The number of carbonyl (C=O) groups is 1. The van der Waals surface area contributed by atoms with Gasteiger partial charge in [-0.15, -0.1) is 0 Å². The molecular formula is C14H21N3O4S. The number of aryl methyl sites for hydroxylation is 1. The molecule has 1 aromatic heterocycles. The molecule has 0 unspecified atom stereocenters. The van der Waals surface area contributed by atoms with Crippen molar-refractivity contribution in [3.05, 3.63) is 17.5 Å². The third-order valence-electron chi connectivity index (χ3n) is 4.36. The number of nitrogens with zero attached hydrogens (tertiary/aromatic N) is 2. The molecule has 2 atom stereocenters. The van der Waals surface area contributed by atoms with Crippen molar-refractivity contribution in [3.8, 4) is 0 Å². The summed E-state index contributed by atoms with van der Waals surface area (Å²) in [4.78, 5) is 14.1. The van der Waals surface area contributed by atoms with Gasteiger partial charge in [0.25, 0.3) is 0 Å². The van der Waals surface area contributed by atoms with Crippen LogP contribution in [-0.2, 0) is 9.84 Å². The third kappa shape index (κ3) is 3.26. The van der Waals surface area contributed by atoms with Crippen molar-refractivity contribution in [2.75, 3.05) is 24.6 Å². The van der Waals surface area contributed by atoms with Crippen molar-refractivity contribution < 1.29 is 17.7 Å². The van der Waals surface area contributed by atoms with Gasteiger partial charge in [0.15, 0.2) is 15.6 Å². The first-order valence-electron chi connectivity index (χ1n) is 7.63. The van der Waals surface area contributed by atoms with E-state index < -0.39 is 9.84 Å². The number of amides is 2. The predicted octanol–water partition coefficient (Wildman–Crippen LogP) is 1.26. The van der Waals surface area contributed by atoms with Crippen LogP contribution in [0.2, 0.25) is 0 Å². The van der Waals surface area contributed by atoms with E-state index in [-0.39, 0.29) is 29.5 Å². The molecule has 3 rings (SSSR count). The van der Waals surface area contributed by atoms with Gasteiger partial charge in [-0.3, -0.25) is 0 Å². The highest BCUT2D eigenvalue weighted by Gasteiger charge is 2.34. The SMILES string of the molecule is Cc1cc([C@H]2CCCN2C(=O)NC[C@H]2CCS(=O)(=O)C2)on1. The maximum absolute atomic E-state index is 12.4. The summed E-state index contributed by atoms with van der Waals surface area (Å²) in [6.45, 7) is 2.95. The quantitative estimate of drug-likeness (QED) is 0.902. The van der Waals surface area contributed by atoms with Gasteiger partial charge in [-0.05, 0) is 32.1 Å². The van der Waals surface area contributed by atoms with Gasteiger partial charge in [0.2, 0.25) is 0 Å². The molecular weight excluding hydrogens is 306 g/mol. The Labute approximate surface area is 129 Å². The van der Waals surface area contributed by atoms with Gasteiger partial charge in [0.1, 0.15) is 0 Å². The van der Waals surface area contributed by atoms with Crippen LogP contribution in [0.3, 0.4) is 0 Å². The molecule has 122 valence electrons. The lowest BCUT2D eigenvalue weighted by molar-refractivity contribution is 0.181. The number of sulfone groups is 1. The molecule has 2 amide bonds. The molecule has 2 saturated heterocycles. The van der Waals surface area contributed by atoms with Crippen LogP contribution in [-0.4, -0.2) is 49.1 Å². The number of nitrogens with one attached hydrogen (secondary N) is 1. The molecule has 0 aromatic carbocycles. The van der Waals surface area contributed by atoms with Crippen molar-refractivity contribution in [1.29, 1.82) is 0 Å². The Balaban J connectivity index is 1.57. The van der Waals surface area contributed by atoms with Crippen molar-refractivity contribution in [1.82, 2.24) is 15.4 Å². The molecule has 2 fully saturated rings. The summed E-state index contributed by atoms with van der Waals surface area (Å²) in [5.41, 5.74) is 0.804. The number of urea groups is 1. The average molecular weight is 327 g/mol. The zero-order valence-corrected chi connectivity index (χ0v) is 13.4. The first kappa shape index (κ1) is 15.3. The number of rotatable bonds is 3. The van der Waals surface area contributed by atoms with Gasteiger partial charge < -0.3 is 14.7 Å². The van der Waals surface area contributed by atoms with Gasteiger partial charge >= 0.3 is 6.03 Å². The van der Waals surface area contributed by atoms with Crippen LogP contribution < -0.4 is 5.32 Å². The average Bonchev–Trinajstić information content (AvgIpc) is 3.15. The minimum Gasteiger partial charge on any atom is -0.359 e. The van der Waals surface area contributed by atoms with Crippen molar-refractivity contribution in [2.45, 2.75) is 32.2 Å². The van der Waals surface area contributed by atoms with E-state index in [2.05, 4.69) is 10.5 Å². The minimum absolute atomic E-state index is 0.0301. The molecule has 7 nitrogen and oxygen atoms in total. The van der Waals surface area contributed by atoms with Gasteiger partial charge in [0.05, 0.1) is 23.2 Å². The maximum atomic E-state index is 12.4. The van der Waals surface area contributed by atoms with Crippen LogP contribution in [0.25, 0.3) is 0 Å². The van der Waals surface area contributed by atoms with E-state index in [1.54, 1.807) is 4.90 Å². The molecule has 1 aromatic rings. The molecule has 2 aliphatic rings.